The Kier molecular flexibility index (Phi) is 5.48. The zero-order valence-electron chi connectivity index (χ0n) is 23.2. The fraction of sp³-hybridized carbons (Fsp3) is 0.0513. The lowest BCUT2D eigenvalue weighted by molar-refractivity contribution is 0.956. The molecule has 0 N–H and O–H groups in total. The van der Waals surface area contributed by atoms with E-state index >= 15 is 0 Å². The third kappa shape index (κ3) is 3.66. The first-order chi connectivity index (χ1) is 20.7. The monoisotopic (exact) mass is 537 g/mol. The molecule has 1 atom stereocenters. The van der Waals surface area contributed by atoms with Crippen LogP contribution in [0.25, 0.3) is 38.6 Å². The van der Waals surface area contributed by atoms with E-state index in [-0.39, 0.29) is 0 Å². The van der Waals surface area contributed by atoms with Crippen LogP contribution in [0, 0.1) is 11.3 Å². The van der Waals surface area contributed by atoms with Crippen molar-refractivity contribution in [3.63, 3.8) is 0 Å². The molecule has 0 amide bonds. The Labute approximate surface area is 245 Å². The molecule has 0 saturated heterocycles. The first-order valence-electron chi connectivity index (χ1n) is 14.3. The molecule has 1 aliphatic carbocycles. The molecule has 6 aromatic carbocycles. The molecule has 7 aromatic rings. The van der Waals surface area contributed by atoms with E-state index in [0.717, 1.165) is 22.7 Å². The Bertz CT molecular complexity index is 2170. The lowest BCUT2D eigenvalue weighted by Gasteiger charge is -2.26. The third-order valence-corrected chi connectivity index (χ3v) is 8.66. The molecule has 3 nitrogen and oxygen atoms in total. The summed E-state index contributed by atoms with van der Waals surface area (Å²) in [5.41, 5.74) is 12.7. The Balaban J connectivity index is 1.34. The van der Waals surface area contributed by atoms with Crippen LogP contribution in [0.3, 0.4) is 0 Å². The molecule has 198 valence electrons. The molecule has 0 spiro atoms. The second-order valence-corrected chi connectivity index (χ2v) is 11.0. The number of fused-ring (bicyclic) bond motifs is 6. The maximum Gasteiger partial charge on any atom is 0.0991 e. The molecule has 0 radical (unpaired) electrons. The number of nitrogens with zero attached hydrogens (tertiary/aromatic N) is 3. The van der Waals surface area contributed by atoms with Crippen LogP contribution in [0.2, 0.25) is 0 Å². The largest absolute Gasteiger partial charge is 0.310 e. The molecule has 1 aromatic heterocycles. The smallest absolute Gasteiger partial charge is 0.0991 e. The molecule has 0 fully saturated rings. The number of hydrogen-bond acceptors (Lipinski definition) is 2. The van der Waals surface area contributed by atoms with Gasteiger partial charge in [0.25, 0.3) is 0 Å². The van der Waals surface area contributed by atoms with E-state index in [9.17, 15) is 5.26 Å². The van der Waals surface area contributed by atoms with Crippen molar-refractivity contribution in [3.8, 4) is 22.9 Å². The quantitative estimate of drug-likeness (QED) is 0.224. The summed E-state index contributed by atoms with van der Waals surface area (Å²) in [7, 11) is 0. The van der Waals surface area contributed by atoms with Gasteiger partial charge < -0.3 is 9.47 Å². The number of rotatable bonds is 4. The molecule has 3 heteroatoms. The highest BCUT2D eigenvalue weighted by atomic mass is 15.1. The van der Waals surface area contributed by atoms with Gasteiger partial charge in [0.15, 0.2) is 0 Å². The van der Waals surface area contributed by atoms with E-state index < -0.39 is 0 Å². The zero-order valence-corrected chi connectivity index (χ0v) is 23.2. The summed E-state index contributed by atoms with van der Waals surface area (Å²) in [6.45, 7) is 2.30. The van der Waals surface area contributed by atoms with Gasteiger partial charge in [-0.2, -0.15) is 5.26 Å². The van der Waals surface area contributed by atoms with Gasteiger partial charge in [0, 0.05) is 39.4 Å². The number of aromatic nitrogens is 1. The van der Waals surface area contributed by atoms with E-state index in [2.05, 4.69) is 138 Å². The first-order valence-corrected chi connectivity index (χ1v) is 14.3. The first kappa shape index (κ1) is 24.2. The molecular formula is C39H27N3. The molecular weight excluding hydrogens is 510 g/mol. The molecule has 0 saturated carbocycles. The second-order valence-electron chi connectivity index (χ2n) is 11.0. The van der Waals surface area contributed by atoms with E-state index in [0.29, 0.717) is 11.5 Å². The maximum absolute atomic E-state index is 9.47. The number of anilines is 3. The number of benzene rings is 6. The molecule has 1 unspecified atom stereocenters. The summed E-state index contributed by atoms with van der Waals surface area (Å²) in [6, 6.07) is 51.6. The van der Waals surface area contributed by atoms with Crippen LogP contribution >= 0.6 is 0 Å². The average Bonchev–Trinajstić information content (AvgIpc) is 3.53. The Morgan fingerprint density at radius 3 is 2.05 bits per heavy atom. The van der Waals surface area contributed by atoms with Crippen LogP contribution in [-0.2, 0) is 0 Å². The van der Waals surface area contributed by atoms with Crippen molar-refractivity contribution in [1.82, 2.24) is 4.57 Å². The number of nitriles is 1. The van der Waals surface area contributed by atoms with Crippen LogP contribution in [0.15, 0.2) is 140 Å². The van der Waals surface area contributed by atoms with Crippen molar-refractivity contribution >= 4 is 38.9 Å². The number of hydrogen-bond donors (Lipinski definition) is 0. The van der Waals surface area contributed by atoms with Crippen molar-refractivity contribution in [2.24, 2.45) is 0 Å². The van der Waals surface area contributed by atoms with E-state index in [1.165, 1.54) is 44.1 Å². The minimum atomic E-state index is 0.324. The summed E-state index contributed by atoms with van der Waals surface area (Å²) in [5.74, 6) is 0.324. The molecule has 1 aliphatic rings. The van der Waals surface area contributed by atoms with Gasteiger partial charge in [-0.25, -0.2) is 0 Å². The lowest BCUT2D eigenvalue weighted by atomic mass is 9.98. The van der Waals surface area contributed by atoms with Crippen LogP contribution in [0.5, 0.6) is 0 Å². The van der Waals surface area contributed by atoms with E-state index in [1.807, 2.05) is 24.3 Å². The minimum Gasteiger partial charge on any atom is -0.310 e. The second kappa shape index (κ2) is 9.51. The third-order valence-electron chi connectivity index (χ3n) is 8.66. The van der Waals surface area contributed by atoms with Gasteiger partial charge in [0.05, 0.1) is 22.7 Å². The van der Waals surface area contributed by atoms with Gasteiger partial charge in [-0.3, -0.25) is 0 Å². The molecule has 8 rings (SSSR count). The highest BCUT2D eigenvalue weighted by Crippen LogP contribution is 2.47. The van der Waals surface area contributed by atoms with Crippen molar-refractivity contribution < 1.29 is 0 Å². The molecule has 1 heterocycles. The Hall–Kier alpha value is -5.59. The SMILES string of the molecule is CC1c2ccccc2-c2ccc(N(c3ccc(C#N)cc3)c3ccc4c(c3)c3ccccc3n4-c3ccccc3)cc21. The highest BCUT2D eigenvalue weighted by Gasteiger charge is 2.26. The van der Waals surface area contributed by atoms with Gasteiger partial charge in [-0.1, -0.05) is 73.7 Å². The van der Waals surface area contributed by atoms with Crippen LogP contribution in [0.1, 0.15) is 29.5 Å². The summed E-state index contributed by atoms with van der Waals surface area (Å²) < 4.78 is 2.34. The van der Waals surface area contributed by atoms with Gasteiger partial charge >= 0.3 is 0 Å². The zero-order chi connectivity index (χ0) is 28.2. The number of para-hydroxylation sites is 2. The summed E-state index contributed by atoms with van der Waals surface area (Å²) in [5, 5.41) is 11.9. The van der Waals surface area contributed by atoms with Gasteiger partial charge in [-0.15, -0.1) is 0 Å². The summed E-state index contributed by atoms with van der Waals surface area (Å²) >= 11 is 0. The van der Waals surface area contributed by atoms with Gasteiger partial charge in [0.2, 0.25) is 0 Å². The van der Waals surface area contributed by atoms with E-state index in [1.54, 1.807) is 0 Å². The summed E-state index contributed by atoms with van der Waals surface area (Å²) in [4.78, 5) is 2.31. The Morgan fingerprint density at radius 2 is 1.21 bits per heavy atom. The van der Waals surface area contributed by atoms with E-state index in [4.69, 9.17) is 0 Å². The predicted octanol–water partition coefficient (Wildman–Crippen LogP) is 10.3. The van der Waals surface area contributed by atoms with Gasteiger partial charge in [0.1, 0.15) is 0 Å². The van der Waals surface area contributed by atoms with Crippen molar-refractivity contribution in [1.29, 1.82) is 5.26 Å². The average molecular weight is 538 g/mol. The molecule has 0 bridgehead atoms. The van der Waals surface area contributed by atoms with Crippen molar-refractivity contribution in [2.45, 2.75) is 12.8 Å². The maximum atomic E-state index is 9.47. The standard InChI is InChI=1S/C39H27N3/c1-26-32-11-5-6-12-33(32)34-21-19-30(23-36(26)34)41(29-17-15-27(25-40)16-18-29)31-20-22-39-37(24-31)35-13-7-8-14-38(35)42(39)28-9-3-2-4-10-28/h2-24,26H,1H3. The molecule has 0 aliphatic heterocycles. The fourth-order valence-corrected chi connectivity index (χ4v) is 6.67. The normalized spacial score (nSPS) is 13.6. The molecule has 42 heavy (non-hydrogen) atoms. The minimum absolute atomic E-state index is 0.324. The predicted molar refractivity (Wildman–Crippen MR) is 173 cm³/mol. The van der Waals surface area contributed by atoms with Crippen LogP contribution < -0.4 is 4.90 Å². The lowest BCUT2D eigenvalue weighted by Crippen LogP contribution is -2.10. The Morgan fingerprint density at radius 1 is 0.571 bits per heavy atom. The highest BCUT2D eigenvalue weighted by molar-refractivity contribution is 6.10. The van der Waals surface area contributed by atoms with Crippen molar-refractivity contribution in [2.75, 3.05) is 4.90 Å². The van der Waals surface area contributed by atoms with Gasteiger partial charge in [-0.05, 0) is 95.1 Å². The van der Waals surface area contributed by atoms with Crippen LogP contribution in [0.4, 0.5) is 17.1 Å². The van der Waals surface area contributed by atoms with Crippen LogP contribution in [-0.4, -0.2) is 4.57 Å². The topological polar surface area (TPSA) is 32.0 Å². The fourth-order valence-electron chi connectivity index (χ4n) is 6.67. The van der Waals surface area contributed by atoms with Crippen molar-refractivity contribution in [3.05, 3.63) is 156 Å². The summed E-state index contributed by atoms with van der Waals surface area (Å²) in [6.07, 6.45) is 0.